The standard InChI is InChI=1S/C18H35BNO14P3S2/c1-39(2,12-20-18(21)31-14-8-6-4-3-5-7-9-14)38-13-29-15-10-17(19)32-16(15)11-30-36(25,26)34-37(27,28)33-35(22,23)24/h3-4,14-17H,5-13H2,1-2H3,(H,20,21)(H,25,26)(H,27,28)(H2,22,23,24)/b4-3+/t14?,15?,16-,17-/m1/s1. The summed E-state index contributed by atoms with van der Waals surface area (Å²) in [6, 6.07) is -0.782. The number of carbonyl (C=O) groups is 1. The molecule has 5 N–H and O–H groups in total. The minimum absolute atomic E-state index is 0.114. The molecule has 1 heterocycles. The highest BCUT2D eigenvalue weighted by molar-refractivity contribution is 8.93. The molecule has 4 unspecified atom stereocenters. The molecule has 226 valence electrons. The van der Waals surface area contributed by atoms with Gasteiger partial charge in [-0.3, -0.25) is 4.52 Å². The Morgan fingerprint density at radius 3 is 2.49 bits per heavy atom. The summed E-state index contributed by atoms with van der Waals surface area (Å²) in [5.74, 6) is 0.545. The lowest BCUT2D eigenvalue weighted by atomic mass is 9.96. The maximum Gasteiger partial charge on any atom is 0.490 e. The van der Waals surface area contributed by atoms with E-state index in [1.807, 2.05) is 12.5 Å². The van der Waals surface area contributed by atoms with E-state index >= 15 is 0 Å². The van der Waals surface area contributed by atoms with Gasteiger partial charge in [0.1, 0.15) is 26.0 Å². The van der Waals surface area contributed by atoms with Crippen molar-refractivity contribution >= 4 is 57.3 Å². The molecule has 1 aliphatic heterocycles. The number of alkyl carbamates (subject to hydrolysis) is 1. The van der Waals surface area contributed by atoms with Crippen LogP contribution in [0.2, 0.25) is 0 Å². The molecule has 6 atom stereocenters. The molecular formula is C18H35BNO14P3S2. The highest BCUT2D eigenvalue weighted by atomic mass is 33.2. The Balaban J connectivity index is 1.76. The molecule has 1 amide bonds. The number of phosphoric acid groups is 3. The van der Waals surface area contributed by atoms with E-state index in [0.29, 0.717) is 5.88 Å². The van der Waals surface area contributed by atoms with E-state index in [1.165, 1.54) is 10.8 Å². The molecule has 0 bridgehead atoms. The number of allylic oxidation sites excluding steroid dienone is 2. The molecule has 1 saturated heterocycles. The van der Waals surface area contributed by atoms with Gasteiger partial charge >= 0.3 is 29.6 Å². The Kier molecular flexibility index (Phi) is 14.1. The molecule has 1 aliphatic carbocycles. The van der Waals surface area contributed by atoms with Crippen LogP contribution in [-0.2, 0) is 41.1 Å². The Morgan fingerprint density at radius 2 is 1.79 bits per heavy atom. The second-order valence-electron chi connectivity index (χ2n) is 9.04. The first-order valence-corrected chi connectivity index (χ1v) is 20.4. The number of ether oxygens (including phenoxy) is 3. The number of hydrogen-bond donors (Lipinski definition) is 5. The molecule has 39 heavy (non-hydrogen) atoms. The summed E-state index contributed by atoms with van der Waals surface area (Å²) in [6.07, 6.45) is 10.6. The van der Waals surface area contributed by atoms with Gasteiger partial charge in [-0.25, -0.2) is 18.5 Å². The smallest absolute Gasteiger partial charge is 0.446 e. The maximum absolute atomic E-state index is 12.3. The number of amides is 1. The summed E-state index contributed by atoms with van der Waals surface area (Å²) in [7, 11) is -10.6. The fourth-order valence-corrected chi connectivity index (χ4v) is 8.94. The first-order chi connectivity index (χ1) is 18.0. The zero-order valence-corrected chi connectivity index (χ0v) is 25.8. The van der Waals surface area contributed by atoms with Crippen molar-refractivity contribution in [2.24, 2.45) is 0 Å². The van der Waals surface area contributed by atoms with Crippen molar-refractivity contribution in [1.82, 2.24) is 5.32 Å². The second-order valence-corrected chi connectivity index (χ2v) is 20.5. The predicted molar refractivity (Wildman–Crippen MR) is 146 cm³/mol. The van der Waals surface area contributed by atoms with E-state index in [-0.39, 0.29) is 18.5 Å². The molecule has 15 nitrogen and oxygen atoms in total. The third-order valence-corrected chi connectivity index (χ3v) is 13.3. The Labute approximate surface area is 233 Å². The lowest BCUT2D eigenvalue weighted by molar-refractivity contribution is -0.0237. The molecule has 0 saturated carbocycles. The number of hydrogen-bond acceptors (Lipinski definition) is 11. The fourth-order valence-electron chi connectivity index (χ4n) is 3.50. The van der Waals surface area contributed by atoms with Gasteiger partial charge in [-0.2, -0.15) is 17.7 Å². The van der Waals surface area contributed by atoms with Crippen LogP contribution in [0.3, 0.4) is 0 Å². The van der Waals surface area contributed by atoms with Gasteiger partial charge in [0, 0.05) is 6.00 Å². The minimum atomic E-state index is -5.63. The van der Waals surface area contributed by atoms with E-state index in [0.717, 1.165) is 32.1 Å². The van der Waals surface area contributed by atoms with Crippen LogP contribution in [0, 0.1) is 0 Å². The summed E-state index contributed by atoms with van der Waals surface area (Å²) in [6.45, 7) is -0.659. The lowest BCUT2D eigenvalue weighted by Gasteiger charge is -2.31. The van der Waals surface area contributed by atoms with Gasteiger partial charge in [0.25, 0.3) is 0 Å². The van der Waals surface area contributed by atoms with Crippen LogP contribution in [0.1, 0.15) is 38.5 Å². The van der Waals surface area contributed by atoms with Crippen LogP contribution in [-0.4, -0.2) is 88.8 Å². The molecule has 2 rings (SSSR count). The van der Waals surface area contributed by atoms with Gasteiger partial charge in [0.2, 0.25) is 0 Å². The lowest BCUT2D eigenvalue weighted by Crippen LogP contribution is -2.31. The largest absolute Gasteiger partial charge is 0.490 e. The van der Waals surface area contributed by atoms with Crippen LogP contribution >= 0.6 is 43.3 Å². The van der Waals surface area contributed by atoms with Gasteiger partial charge in [-0.05, 0) is 51.0 Å². The highest BCUT2D eigenvalue weighted by Gasteiger charge is 2.42. The van der Waals surface area contributed by atoms with Gasteiger partial charge in [-0.1, -0.05) is 22.9 Å². The Bertz CT molecular complexity index is 985. The third kappa shape index (κ3) is 15.2. The quantitative estimate of drug-likeness (QED) is 0.0596. The number of nitrogens with one attached hydrogen (secondary N) is 1. The first kappa shape index (κ1) is 35.3. The third-order valence-electron chi connectivity index (χ3n) is 5.25. The average Bonchev–Trinajstić information content (AvgIpc) is 3.09. The molecular weight excluding hydrogens is 622 g/mol. The number of rotatable bonds is 14. The van der Waals surface area contributed by atoms with E-state index in [1.54, 1.807) is 0 Å². The highest BCUT2D eigenvalue weighted by Crippen LogP contribution is 2.66. The van der Waals surface area contributed by atoms with Gasteiger partial charge in [0.05, 0.1) is 18.6 Å². The molecule has 0 spiro atoms. The second kappa shape index (κ2) is 15.5. The first-order valence-electron chi connectivity index (χ1n) is 11.7. The van der Waals surface area contributed by atoms with Crippen molar-refractivity contribution in [3.63, 3.8) is 0 Å². The summed E-state index contributed by atoms with van der Waals surface area (Å²) in [5.41, 5.74) is 0. The molecule has 1 fully saturated rings. The monoisotopic (exact) mass is 657 g/mol. The van der Waals surface area contributed by atoms with Crippen LogP contribution in [0.5, 0.6) is 0 Å². The van der Waals surface area contributed by atoms with Crippen LogP contribution in [0.15, 0.2) is 12.2 Å². The molecule has 0 aromatic rings. The Hall–Kier alpha value is 0.105. The summed E-state index contributed by atoms with van der Waals surface area (Å²) < 4.78 is 62.9. The topological polar surface area (TPSA) is 217 Å². The van der Waals surface area contributed by atoms with E-state index in [2.05, 4.69) is 30.6 Å². The molecule has 0 aromatic carbocycles. The average molecular weight is 657 g/mol. The zero-order valence-electron chi connectivity index (χ0n) is 21.4. The van der Waals surface area contributed by atoms with Crippen molar-refractivity contribution in [3.8, 4) is 0 Å². The van der Waals surface area contributed by atoms with E-state index in [9.17, 15) is 28.3 Å². The van der Waals surface area contributed by atoms with Crippen molar-refractivity contribution in [2.45, 2.75) is 62.8 Å². The van der Waals surface area contributed by atoms with Crippen molar-refractivity contribution in [3.05, 3.63) is 12.2 Å². The van der Waals surface area contributed by atoms with Gasteiger partial charge in [0.15, 0.2) is 0 Å². The number of carbonyl (C=O) groups excluding carboxylic acids is 1. The molecule has 0 aromatic heterocycles. The van der Waals surface area contributed by atoms with Crippen molar-refractivity contribution in [2.75, 3.05) is 30.9 Å². The molecule has 2 radical (unpaired) electrons. The van der Waals surface area contributed by atoms with Crippen LogP contribution < -0.4 is 5.32 Å². The molecule has 21 heteroatoms. The van der Waals surface area contributed by atoms with Crippen LogP contribution in [0.4, 0.5) is 4.79 Å². The molecule has 2 aliphatic rings. The summed E-state index contributed by atoms with van der Waals surface area (Å²) >= 11 is 0. The van der Waals surface area contributed by atoms with E-state index < -0.39 is 63.4 Å². The maximum atomic E-state index is 12.3. The SMILES string of the molecule is [B][C@H]1CC(OCSS(C)(C)CNC(=O)OC2CC/C=C/CCC2)[C@@H](COP(=O)(O)OP(=O)(O)OP(=O)(O)O)O1. The van der Waals surface area contributed by atoms with Crippen molar-refractivity contribution < 1.29 is 65.4 Å². The minimum Gasteiger partial charge on any atom is -0.446 e. The van der Waals surface area contributed by atoms with Crippen LogP contribution in [0.25, 0.3) is 0 Å². The zero-order chi connectivity index (χ0) is 29.3. The summed E-state index contributed by atoms with van der Waals surface area (Å²) in [5, 5.41) is 2.81. The Morgan fingerprint density at radius 1 is 1.10 bits per heavy atom. The van der Waals surface area contributed by atoms with E-state index in [4.69, 9.17) is 31.8 Å². The van der Waals surface area contributed by atoms with Gasteiger partial charge < -0.3 is 39.1 Å². The normalized spacial score (nSPS) is 28.9. The van der Waals surface area contributed by atoms with Crippen molar-refractivity contribution in [1.29, 1.82) is 0 Å². The van der Waals surface area contributed by atoms with Gasteiger partial charge in [-0.15, -0.1) is 0 Å². The summed E-state index contributed by atoms with van der Waals surface area (Å²) in [4.78, 5) is 48.3. The predicted octanol–water partition coefficient (Wildman–Crippen LogP) is 3.24. The fraction of sp³-hybridized carbons (Fsp3) is 0.833. The number of phosphoric ester groups is 1.